The standard InChI is InChI=1S/C22H28N2O4/c1-15-6-9-20(12-16(15)2)28-14-21(25)24(17(3)22(26)23-4)13-18-7-10-19(27-5)11-8-18/h6-12,17H,13-14H2,1-5H3,(H,23,26)/t17-/m0/s1. The molecule has 1 atom stereocenters. The molecule has 0 saturated heterocycles. The summed E-state index contributed by atoms with van der Waals surface area (Å²) in [7, 11) is 3.16. The van der Waals surface area contributed by atoms with Crippen molar-refractivity contribution in [3.05, 3.63) is 59.2 Å². The van der Waals surface area contributed by atoms with Gasteiger partial charge < -0.3 is 19.7 Å². The Morgan fingerprint density at radius 1 is 1.04 bits per heavy atom. The Labute approximate surface area is 166 Å². The average Bonchev–Trinajstić information content (AvgIpc) is 2.71. The summed E-state index contributed by atoms with van der Waals surface area (Å²) in [6.45, 7) is 5.88. The summed E-state index contributed by atoms with van der Waals surface area (Å²) in [5.74, 6) is 0.880. The van der Waals surface area contributed by atoms with Crippen molar-refractivity contribution in [2.45, 2.75) is 33.4 Å². The third kappa shape index (κ3) is 5.49. The van der Waals surface area contributed by atoms with Crippen LogP contribution in [0.25, 0.3) is 0 Å². The summed E-state index contributed by atoms with van der Waals surface area (Å²) < 4.78 is 10.8. The number of carbonyl (C=O) groups is 2. The first kappa shape index (κ1) is 21.3. The topological polar surface area (TPSA) is 67.9 Å². The van der Waals surface area contributed by atoms with E-state index in [9.17, 15) is 9.59 Å². The van der Waals surface area contributed by atoms with Gasteiger partial charge in [0.05, 0.1) is 7.11 Å². The van der Waals surface area contributed by atoms with Gasteiger partial charge in [0.2, 0.25) is 5.91 Å². The summed E-state index contributed by atoms with van der Waals surface area (Å²) in [5.41, 5.74) is 3.16. The molecule has 2 amide bonds. The second-order valence-electron chi connectivity index (χ2n) is 6.69. The highest BCUT2D eigenvalue weighted by Crippen LogP contribution is 2.18. The quantitative estimate of drug-likeness (QED) is 0.760. The van der Waals surface area contributed by atoms with E-state index in [0.29, 0.717) is 12.3 Å². The summed E-state index contributed by atoms with van der Waals surface area (Å²) in [5, 5.41) is 2.60. The molecule has 0 unspecified atom stereocenters. The van der Waals surface area contributed by atoms with Gasteiger partial charge in [-0.25, -0.2) is 0 Å². The number of amides is 2. The van der Waals surface area contributed by atoms with Crippen LogP contribution in [0.1, 0.15) is 23.6 Å². The van der Waals surface area contributed by atoms with Gasteiger partial charge in [0, 0.05) is 13.6 Å². The van der Waals surface area contributed by atoms with Gasteiger partial charge in [0.1, 0.15) is 17.5 Å². The minimum atomic E-state index is -0.622. The molecule has 150 valence electrons. The van der Waals surface area contributed by atoms with Crippen molar-refractivity contribution in [1.82, 2.24) is 10.2 Å². The fraction of sp³-hybridized carbons (Fsp3) is 0.364. The van der Waals surface area contributed by atoms with E-state index in [-0.39, 0.29) is 18.4 Å². The third-order valence-electron chi connectivity index (χ3n) is 4.77. The number of rotatable bonds is 8. The second-order valence-corrected chi connectivity index (χ2v) is 6.69. The van der Waals surface area contributed by atoms with Gasteiger partial charge in [0.25, 0.3) is 5.91 Å². The van der Waals surface area contributed by atoms with E-state index in [1.165, 1.54) is 4.90 Å². The molecule has 0 bridgehead atoms. The number of likely N-dealkylation sites (N-methyl/N-ethyl adjacent to an activating group) is 1. The van der Waals surface area contributed by atoms with Crippen molar-refractivity contribution >= 4 is 11.8 Å². The normalized spacial score (nSPS) is 11.5. The molecule has 0 saturated carbocycles. The maximum absolute atomic E-state index is 12.9. The zero-order valence-corrected chi connectivity index (χ0v) is 17.1. The largest absolute Gasteiger partial charge is 0.497 e. The molecule has 6 heteroatoms. The minimum absolute atomic E-state index is 0.139. The van der Waals surface area contributed by atoms with Gasteiger partial charge >= 0.3 is 0 Å². The van der Waals surface area contributed by atoms with E-state index in [0.717, 1.165) is 22.4 Å². The van der Waals surface area contributed by atoms with E-state index in [1.54, 1.807) is 21.1 Å². The number of ether oxygens (including phenoxy) is 2. The van der Waals surface area contributed by atoms with Crippen molar-refractivity contribution < 1.29 is 19.1 Å². The molecule has 0 aliphatic carbocycles. The summed E-state index contributed by atoms with van der Waals surface area (Å²) >= 11 is 0. The van der Waals surface area contributed by atoms with Crippen LogP contribution in [0.2, 0.25) is 0 Å². The number of hydrogen-bond donors (Lipinski definition) is 1. The van der Waals surface area contributed by atoms with Gasteiger partial charge in [-0.1, -0.05) is 18.2 Å². The first-order valence-corrected chi connectivity index (χ1v) is 9.19. The predicted molar refractivity (Wildman–Crippen MR) is 108 cm³/mol. The Hall–Kier alpha value is -3.02. The average molecular weight is 384 g/mol. The highest BCUT2D eigenvalue weighted by atomic mass is 16.5. The predicted octanol–water partition coefficient (Wildman–Crippen LogP) is 2.85. The Balaban J connectivity index is 2.13. The minimum Gasteiger partial charge on any atom is -0.497 e. The van der Waals surface area contributed by atoms with E-state index in [1.807, 2.05) is 56.3 Å². The molecule has 28 heavy (non-hydrogen) atoms. The molecule has 2 rings (SSSR count). The lowest BCUT2D eigenvalue weighted by Crippen LogP contribution is -2.48. The first-order valence-electron chi connectivity index (χ1n) is 9.19. The summed E-state index contributed by atoms with van der Waals surface area (Å²) in [4.78, 5) is 26.5. The van der Waals surface area contributed by atoms with Crippen LogP contribution >= 0.6 is 0 Å². The van der Waals surface area contributed by atoms with Crippen LogP contribution in [-0.4, -0.2) is 43.5 Å². The number of methoxy groups -OCH3 is 1. The lowest BCUT2D eigenvalue weighted by atomic mass is 10.1. The molecule has 0 radical (unpaired) electrons. The van der Waals surface area contributed by atoms with E-state index < -0.39 is 6.04 Å². The fourth-order valence-electron chi connectivity index (χ4n) is 2.75. The van der Waals surface area contributed by atoms with Crippen LogP contribution in [0.15, 0.2) is 42.5 Å². The Bertz CT molecular complexity index is 818. The highest BCUT2D eigenvalue weighted by Gasteiger charge is 2.25. The van der Waals surface area contributed by atoms with Crippen LogP contribution in [0, 0.1) is 13.8 Å². The molecule has 0 fully saturated rings. The van der Waals surface area contributed by atoms with Crippen LogP contribution in [0.5, 0.6) is 11.5 Å². The van der Waals surface area contributed by atoms with Crippen molar-refractivity contribution in [3.8, 4) is 11.5 Å². The SMILES string of the molecule is CNC(=O)[C@H](C)N(Cc1ccc(OC)cc1)C(=O)COc1ccc(C)c(C)c1. The van der Waals surface area contributed by atoms with Crippen LogP contribution in [0.4, 0.5) is 0 Å². The van der Waals surface area contributed by atoms with Crippen molar-refractivity contribution in [2.75, 3.05) is 20.8 Å². The maximum Gasteiger partial charge on any atom is 0.261 e. The molecule has 0 aliphatic heterocycles. The summed E-state index contributed by atoms with van der Waals surface area (Å²) in [6, 6.07) is 12.5. The third-order valence-corrected chi connectivity index (χ3v) is 4.77. The van der Waals surface area contributed by atoms with E-state index >= 15 is 0 Å². The van der Waals surface area contributed by atoms with Crippen LogP contribution < -0.4 is 14.8 Å². The number of benzene rings is 2. The van der Waals surface area contributed by atoms with Gasteiger partial charge in [-0.2, -0.15) is 0 Å². The van der Waals surface area contributed by atoms with E-state index in [4.69, 9.17) is 9.47 Å². The first-order chi connectivity index (χ1) is 13.3. The number of nitrogens with one attached hydrogen (secondary N) is 1. The van der Waals surface area contributed by atoms with Crippen molar-refractivity contribution in [3.63, 3.8) is 0 Å². The lowest BCUT2D eigenvalue weighted by Gasteiger charge is -2.28. The van der Waals surface area contributed by atoms with Crippen molar-refractivity contribution in [1.29, 1.82) is 0 Å². The summed E-state index contributed by atoms with van der Waals surface area (Å²) in [6.07, 6.45) is 0. The molecule has 2 aromatic rings. The van der Waals surface area contributed by atoms with Gasteiger partial charge in [-0.05, 0) is 61.7 Å². The molecule has 0 aromatic heterocycles. The molecule has 0 aliphatic rings. The smallest absolute Gasteiger partial charge is 0.261 e. The molecular formula is C22H28N2O4. The number of carbonyl (C=O) groups excluding carboxylic acids is 2. The van der Waals surface area contributed by atoms with E-state index in [2.05, 4.69) is 5.32 Å². The molecule has 6 nitrogen and oxygen atoms in total. The molecule has 1 N–H and O–H groups in total. The zero-order valence-electron chi connectivity index (χ0n) is 17.1. The molecule has 2 aromatic carbocycles. The second kappa shape index (κ2) is 9.78. The van der Waals surface area contributed by atoms with Gasteiger partial charge in [0.15, 0.2) is 6.61 Å². The Morgan fingerprint density at radius 2 is 1.68 bits per heavy atom. The fourth-order valence-corrected chi connectivity index (χ4v) is 2.75. The molecule has 0 heterocycles. The van der Waals surface area contributed by atoms with Gasteiger partial charge in [-0.15, -0.1) is 0 Å². The molecule has 0 spiro atoms. The number of aryl methyl sites for hydroxylation is 2. The Morgan fingerprint density at radius 3 is 2.25 bits per heavy atom. The lowest BCUT2D eigenvalue weighted by molar-refractivity contribution is -0.142. The van der Waals surface area contributed by atoms with Crippen molar-refractivity contribution in [2.24, 2.45) is 0 Å². The monoisotopic (exact) mass is 384 g/mol. The number of nitrogens with zero attached hydrogens (tertiary/aromatic N) is 1. The zero-order chi connectivity index (χ0) is 20.7. The Kier molecular flexibility index (Phi) is 7.44. The van der Waals surface area contributed by atoms with Crippen LogP contribution in [-0.2, 0) is 16.1 Å². The van der Waals surface area contributed by atoms with Gasteiger partial charge in [-0.3, -0.25) is 9.59 Å². The highest BCUT2D eigenvalue weighted by molar-refractivity contribution is 5.87. The maximum atomic E-state index is 12.9. The molecular weight excluding hydrogens is 356 g/mol. The van der Waals surface area contributed by atoms with Crippen LogP contribution in [0.3, 0.4) is 0 Å². The number of hydrogen-bond acceptors (Lipinski definition) is 4.